The average molecular weight is 202 g/mol. The number of carboxylic acids is 1. The highest BCUT2D eigenvalue weighted by Crippen LogP contribution is 2.20. The summed E-state index contributed by atoms with van der Waals surface area (Å²) >= 11 is 0. The van der Waals surface area contributed by atoms with Gasteiger partial charge in [0.2, 0.25) is 0 Å². The van der Waals surface area contributed by atoms with Gasteiger partial charge in [0.25, 0.3) is 0 Å². The molecule has 0 amide bonds. The number of pyridine rings is 1. The maximum Gasteiger partial charge on any atom is 0.337 e. The summed E-state index contributed by atoms with van der Waals surface area (Å²) in [7, 11) is 0. The van der Waals surface area contributed by atoms with Crippen LogP contribution in [0.2, 0.25) is 0 Å². The summed E-state index contributed by atoms with van der Waals surface area (Å²) in [4.78, 5) is 17.8. The number of nitrogens with one attached hydrogen (secondary N) is 1. The summed E-state index contributed by atoms with van der Waals surface area (Å²) in [5.74, 6) is -0.918. The van der Waals surface area contributed by atoms with Gasteiger partial charge in [-0.15, -0.1) is 0 Å². The predicted octanol–water partition coefficient (Wildman–Crippen LogP) is 2.08. The Morgan fingerprint density at radius 1 is 1.53 bits per heavy atom. The highest BCUT2D eigenvalue weighted by Gasteiger charge is 2.11. The lowest BCUT2D eigenvalue weighted by molar-refractivity contribution is 0.0696. The van der Waals surface area contributed by atoms with Crippen molar-refractivity contribution in [3.05, 3.63) is 41.9 Å². The molecule has 0 radical (unpaired) electrons. The molecule has 76 valence electrons. The molecule has 2 N–H and O–H groups in total. The second-order valence-corrected chi connectivity index (χ2v) is 3.27. The molecule has 2 rings (SSSR count). The van der Waals surface area contributed by atoms with E-state index in [1.807, 2.05) is 12.1 Å². The van der Waals surface area contributed by atoms with Crippen LogP contribution in [0, 0.1) is 6.92 Å². The van der Waals surface area contributed by atoms with Crippen LogP contribution in [-0.4, -0.2) is 21.0 Å². The molecule has 0 atom stereocenters. The van der Waals surface area contributed by atoms with Gasteiger partial charge in [-0.25, -0.2) is 4.79 Å². The molecule has 0 bridgehead atoms. The fraction of sp³-hybridized carbons (Fsp3) is 0.0909. The van der Waals surface area contributed by atoms with E-state index in [1.54, 1.807) is 25.4 Å². The average Bonchev–Trinajstić information content (AvgIpc) is 2.62. The monoisotopic (exact) mass is 202 g/mol. The molecule has 2 aromatic rings. The smallest absolute Gasteiger partial charge is 0.337 e. The molecular weight excluding hydrogens is 192 g/mol. The number of aryl methyl sites for hydroxylation is 1. The first-order valence-electron chi connectivity index (χ1n) is 4.52. The lowest BCUT2D eigenvalue weighted by Gasteiger charge is -1.94. The Balaban J connectivity index is 2.48. The fourth-order valence-electron chi connectivity index (χ4n) is 1.46. The number of nitrogens with zero attached hydrogens (tertiary/aromatic N) is 1. The van der Waals surface area contributed by atoms with Crippen molar-refractivity contribution in [1.29, 1.82) is 0 Å². The van der Waals surface area contributed by atoms with Crippen LogP contribution in [0.3, 0.4) is 0 Å². The molecule has 4 nitrogen and oxygen atoms in total. The minimum Gasteiger partial charge on any atom is -0.478 e. The van der Waals surface area contributed by atoms with Gasteiger partial charge in [0.15, 0.2) is 0 Å². The molecule has 0 fully saturated rings. The molecular formula is C11H10N2O2. The largest absolute Gasteiger partial charge is 0.478 e. The Labute approximate surface area is 86.6 Å². The van der Waals surface area contributed by atoms with E-state index >= 15 is 0 Å². The van der Waals surface area contributed by atoms with Crippen LogP contribution in [0.5, 0.6) is 0 Å². The summed E-state index contributed by atoms with van der Waals surface area (Å²) in [5, 5.41) is 8.89. The lowest BCUT2D eigenvalue weighted by Crippen LogP contribution is -1.95. The van der Waals surface area contributed by atoms with Gasteiger partial charge in [-0.2, -0.15) is 0 Å². The number of carbonyl (C=O) groups is 1. The number of H-pyrrole nitrogens is 1. The van der Waals surface area contributed by atoms with E-state index in [0.29, 0.717) is 11.3 Å². The molecule has 4 heteroatoms. The lowest BCUT2D eigenvalue weighted by atomic mass is 10.2. The number of carboxylic acid groups (broad SMARTS) is 1. The predicted molar refractivity (Wildman–Crippen MR) is 55.7 cm³/mol. The SMILES string of the molecule is Cc1[nH]c(-c2cccnc2)cc1C(=O)O. The Bertz CT molecular complexity index is 489. The van der Waals surface area contributed by atoms with E-state index in [0.717, 1.165) is 11.3 Å². The second kappa shape index (κ2) is 3.57. The first kappa shape index (κ1) is 9.45. The van der Waals surface area contributed by atoms with E-state index in [1.165, 1.54) is 0 Å². The normalized spacial score (nSPS) is 10.2. The van der Waals surface area contributed by atoms with Gasteiger partial charge in [-0.05, 0) is 25.1 Å². The Morgan fingerprint density at radius 2 is 2.33 bits per heavy atom. The molecule has 15 heavy (non-hydrogen) atoms. The first-order chi connectivity index (χ1) is 7.18. The molecule has 0 aromatic carbocycles. The number of aromatic carboxylic acids is 1. The molecule has 0 spiro atoms. The van der Waals surface area contributed by atoms with Crippen LogP contribution >= 0.6 is 0 Å². The van der Waals surface area contributed by atoms with Gasteiger partial charge in [0, 0.05) is 29.3 Å². The van der Waals surface area contributed by atoms with Crippen LogP contribution in [0.15, 0.2) is 30.6 Å². The first-order valence-corrected chi connectivity index (χ1v) is 4.52. The topological polar surface area (TPSA) is 66.0 Å². The Hall–Kier alpha value is -2.10. The van der Waals surface area contributed by atoms with Crippen LogP contribution in [-0.2, 0) is 0 Å². The summed E-state index contributed by atoms with van der Waals surface area (Å²) in [6.07, 6.45) is 3.37. The van der Waals surface area contributed by atoms with E-state index in [4.69, 9.17) is 5.11 Å². The molecule has 0 aliphatic rings. The van der Waals surface area contributed by atoms with Crippen molar-refractivity contribution in [3.63, 3.8) is 0 Å². The molecule has 0 aliphatic heterocycles. The van der Waals surface area contributed by atoms with Crippen molar-refractivity contribution < 1.29 is 9.90 Å². The molecule has 0 saturated carbocycles. The van der Waals surface area contributed by atoms with Crippen LogP contribution < -0.4 is 0 Å². The molecule has 2 aromatic heterocycles. The van der Waals surface area contributed by atoms with Crippen LogP contribution in [0.25, 0.3) is 11.3 Å². The number of hydrogen-bond donors (Lipinski definition) is 2. The van der Waals surface area contributed by atoms with Crippen molar-refractivity contribution in [1.82, 2.24) is 9.97 Å². The minimum atomic E-state index is -0.918. The Morgan fingerprint density at radius 3 is 2.87 bits per heavy atom. The zero-order chi connectivity index (χ0) is 10.8. The fourth-order valence-corrected chi connectivity index (χ4v) is 1.46. The minimum absolute atomic E-state index is 0.300. The molecule has 0 unspecified atom stereocenters. The molecule has 2 heterocycles. The molecule has 0 aliphatic carbocycles. The van der Waals surface area contributed by atoms with E-state index in [9.17, 15) is 4.79 Å². The van der Waals surface area contributed by atoms with Gasteiger partial charge < -0.3 is 10.1 Å². The number of aromatic nitrogens is 2. The summed E-state index contributed by atoms with van der Waals surface area (Å²) in [6, 6.07) is 5.31. The Kier molecular flexibility index (Phi) is 2.25. The maximum absolute atomic E-state index is 10.8. The van der Waals surface area contributed by atoms with Crippen molar-refractivity contribution in [3.8, 4) is 11.3 Å². The summed E-state index contributed by atoms with van der Waals surface area (Å²) in [5.41, 5.74) is 2.61. The third-order valence-electron chi connectivity index (χ3n) is 2.22. The van der Waals surface area contributed by atoms with E-state index in [-0.39, 0.29) is 0 Å². The van der Waals surface area contributed by atoms with Gasteiger partial charge >= 0.3 is 5.97 Å². The highest BCUT2D eigenvalue weighted by molar-refractivity contribution is 5.90. The van der Waals surface area contributed by atoms with E-state index < -0.39 is 5.97 Å². The summed E-state index contributed by atoms with van der Waals surface area (Å²) < 4.78 is 0. The zero-order valence-corrected chi connectivity index (χ0v) is 8.19. The highest BCUT2D eigenvalue weighted by atomic mass is 16.4. The number of rotatable bonds is 2. The summed E-state index contributed by atoms with van der Waals surface area (Å²) in [6.45, 7) is 1.74. The van der Waals surface area contributed by atoms with Gasteiger partial charge in [-0.1, -0.05) is 0 Å². The van der Waals surface area contributed by atoms with Crippen molar-refractivity contribution in [2.24, 2.45) is 0 Å². The maximum atomic E-state index is 10.8. The van der Waals surface area contributed by atoms with Crippen LogP contribution in [0.1, 0.15) is 16.1 Å². The quantitative estimate of drug-likeness (QED) is 0.783. The molecule has 0 saturated heterocycles. The van der Waals surface area contributed by atoms with E-state index in [2.05, 4.69) is 9.97 Å². The standard InChI is InChI=1S/C11H10N2O2/c1-7-9(11(14)15)5-10(13-7)8-3-2-4-12-6-8/h2-6,13H,1H3,(H,14,15). The van der Waals surface area contributed by atoms with Gasteiger partial charge in [0.05, 0.1) is 5.56 Å². The van der Waals surface area contributed by atoms with Crippen LogP contribution in [0.4, 0.5) is 0 Å². The third kappa shape index (κ3) is 1.74. The van der Waals surface area contributed by atoms with Crippen molar-refractivity contribution in [2.45, 2.75) is 6.92 Å². The van der Waals surface area contributed by atoms with Gasteiger partial charge in [-0.3, -0.25) is 4.98 Å². The number of hydrogen-bond acceptors (Lipinski definition) is 2. The third-order valence-corrected chi connectivity index (χ3v) is 2.22. The van der Waals surface area contributed by atoms with Gasteiger partial charge in [0.1, 0.15) is 0 Å². The second-order valence-electron chi connectivity index (χ2n) is 3.27. The number of aromatic amines is 1. The van der Waals surface area contributed by atoms with Crippen molar-refractivity contribution >= 4 is 5.97 Å². The zero-order valence-electron chi connectivity index (χ0n) is 8.19. The van der Waals surface area contributed by atoms with Crippen molar-refractivity contribution in [2.75, 3.05) is 0 Å².